The zero-order valence-corrected chi connectivity index (χ0v) is 14.8. The highest BCUT2D eigenvalue weighted by Gasteiger charge is 2.13. The van der Waals surface area contributed by atoms with Crippen molar-refractivity contribution in [3.05, 3.63) is 36.4 Å². The van der Waals surface area contributed by atoms with Crippen LogP contribution in [0.2, 0.25) is 0 Å². The Morgan fingerprint density at radius 1 is 1.16 bits per heavy atom. The molecule has 0 aliphatic carbocycles. The van der Waals surface area contributed by atoms with E-state index in [4.69, 9.17) is 0 Å². The Bertz CT molecular complexity index is 1050. The van der Waals surface area contributed by atoms with E-state index in [1.54, 1.807) is 0 Å². The molecule has 0 atom stereocenters. The summed E-state index contributed by atoms with van der Waals surface area (Å²) in [4.78, 5) is 16.6. The van der Waals surface area contributed by atoms with Crippen molar-refractivity contribution in [2.45, 2.75) is 27.7 Å². The van der Waals surface area contributed by atoms with Crippen LogP contribution in [0.15, 0.2) is 30.7 Å². The Morgan fingerprint density at radius 3 is 2.80 bits per heavy atom. The Kier molecular flexibility index (Phi) is 3.45. The van der Waals surface area contributed by atoms with Gasteiger partial charge in [-0.25, -0.2) is 14.5 Å². The first-order chi connectivity index (χ1) is 11.9. The molecule has 0 amide bonds. The topological polar surface area (TPSA) is 83.8 Å². The van der Waals surface area contributed by atoms with Gasteiger partial charge in [0.05, 0.1) is 17.6 Å². The van der Waals surface area contributed by atoms with E-state index >= 15 is 0 Å². The minimum Gasteiger partial charge on any atom is -0.354 e. The van der Waals surface area contributed by atoms with Crippen molar-refractivity contribution in [3.8, 4) is 11.3 Å². The van der Waals surface area contributed by atoms with Crippen molar-refractivity contribution in [2.75, 3.05) is 11.9 Å². The number of hydrogen-bond donors (Lipinski definition) is 2. The first-order valence-corrected chi connectivity index (χ1v) is 8.30. The molecular formula is C18H21N7. The monoisotopic (exact) mass is 335 g/mol. The second-order valence-corrected chi connectivity index (χ2v) is 7.46. The molecule has 4 rings (SSSR count). The van der Waals surface area contributed by atoms with Crippen molar-refractivity contribution in [3.63, 3.8) is 0 Å². The van der Waals surface area contributed by atoms with Gasteiger partial charge in [-0.2, -0.15) is 10.1 Å². The van der Waals surface area contributed by atoms with Crippen LogP contribution in [0.1, 0.15) is 26.5 Å². The van der Waals surface area contributed by atoms with Gasteiger partial charge in [0.2, 0.25) is 5.95 Å². The molecule has 25 heavy (non-hydrogen) atoms. The number of aryl methyl sites for hydroxylation is 1. The fourth-order valence-corrected chi connectivity index (χ4v) is 2.68. The molecule has 0 saturated carbocycles. The van der Waals surface area contributed by atoms with E-state index in [0.717, 1.165) is 40.2 Å². The highest BCUT2D eigenvalue weighted by atomic mass is 15.3. The van der Waals surface area contributed by atoms with Crippen LogP contribution in [0, 0.1) is 12.3 Å². The first kappa shape index (κ1) is 15.6. The summed E-state index contributed by atoms with van der Waals surface area (Å²) in [5.74, 6) is 0.629. The molecule has 0 bridgehead atoms. The quantitative estimate of drug-likeness (QED) is 0.599. The smallest absolute Gasteiger partial charge is 0.224 e. The largest absolute Gasteiger partial charge is 0.354 e. The standard InChI is InChI=1S/C18H21N7/c1-11-7-19-15-6-5-14(24-25(11)15)12-8-20-16-13(12)9-21-17(23-16)22-10-18(2,3)4/h5-9H,10H2,1-4H3,(H2,20,21,22,23). The maximum absolute atomic E-state index is 4.68. The lowest BCUT2D eigenvalue weighted by atomic mass is 9.97. The molecule has 4 aromatic heterocycles. The predicted molar refractivity (Wildman–Crippen MR) is 98.6 cm³/mol. The number of aromatic nitrogens is 6. The molecule has 0 aromatic carbocycles. The number of fused-ring (bicyclic) bond motifs is 2. The molecule has 128 valence electrons. The van der Waals surface area contributed by atoms with Gasteiger partial charge in [0, 0.05) is 29.9 Å². The van der Waals surface area contributed by atoms with Crippen LogP contribution < -0.4 is 5.32 Å². The summed E-state index contributed by atoms with van der Waals surface area (Å²) in [5.41, 5.74) is 4.64. The van der Waals surface area contributed by atoms with E-state index in [9.17, 15) is 0 Å². The minimum atomic E-state index is 0.168. The van der Waals surface area contributed by atoms with Crippen LogP contribution >= 0.6 is 0 Å². The highest BCUT2D eigenvalue weighted by Crippen LogP contribution is 2.26. The van der Waals surface area contributed by atoms with Crippen LogP contribution in [0.25, 0.3) is 27.9 Å². The Hall–Kier alpha value is -2.96. The van der Waals surface area contributed by atoms with Gasteiger partial charge in [-0.1, -0.05) is 20.8 Å². The fourth-order valence-electron chi connectivity index (χ4n) is 2.68. The van der Waals surface area contributed by atoms with E-state index in [1.165, 1.54) is 0 Å². The number of imidazole rings is 1. The maximum atomic E-state index is 4.68. The van der Waals surface area contributed by atoms with E-state index in [0.29, 0.717) is 5.95 Å². The SMILES string of the molecule is Cc1cnc2ccc(-c3c[nH]c4nc(NCC(C)(C)C)ncc34)nn12. The maximum Gasteiger partial charge on any atom is 0.224 e. The molecule has 0 saturated heterocycles. The lowest BCUT2D eigenvalue weighted by Crippen LogP contribution is -2.20. The molecule has 4 aromatic rings. The van der Waals surface area contributed by atoms with Gasteiger partial charge in [-0.05, 0) is 24.5 Å². The minimum absolute atomic E-state index is 0.168. The summed E-state index contributed by atoms with van der Waals surface area (Å²) in [6.07, 6.45) is 5.58. The molecule has 7 heteroatoms. The summed E-state index contributed by atoms with van der Waals surface area (Å²) >= 11 is 0. The average Bonchev–Trinajstić information content (AvgIpc) is 3.15. The summed E-state index contributed by atoms with van der Waals surface area (Å²) < 4.78 is 1.84. The van der Waals surface area contributed by atoms with Crippen molar-refractivity contribution in [1.29, 1.82) is 0 Å². The van der Waals surface area contributed by atoms with E-state index in [-0.39, 0.29) is 5.41 Å². The van der Waals surface area contributed by atoms with Gasteiger partial charge in [0.15, 0.2) is 5.65 Å². The number of H-pyrrole nitrogens is 1. The molecule has 0 aliphatic rings. The molecule has 0 spiro atoms. The van der Waals surface area contributed by atoms with Gasteiger partial charge in [-0.15, -0.1) is 0 Å². The zero-order chi connectivity index (χ0) is 17.6. The summed E-state index contributed by atoms with van der Waals surface area (Å²) in [7, 11) is 0. The third kappa shape index (κ3) is 2.93. The molecule has 0 unspecified atom stereocenters. The van der Waals surface area contributed by atoms with E-state index < -0.39 is 0 Å². The molecule has 4 heterocycles. The van der Waals surface area contributed by atoms with Crippen molar-refractivity contribution < 1.29 is 0 Å². The molecule has 2 N–H and O–H groups in total. The zero-order valence-electron chi connectivity index (χ0n) is 14.8. The number of nitrogens with one attached hydrogen (secondary N) is 2. The first-order valence-electron chi connectivity index (χ1n) is 8.30. The van der Waals surface area contributed by atoms with E-state index in [1.807, 2.05) is 42.2 Å². The molecule has 7 nitrogen and oxygen atoms in total. The Morgan fingerprint density at radius 2 is 2.00 bits per heavy atom. The average molecular weight is 335 g/mol. The number of anilines is 1. The fraction of sp³-hybridized carbons (Fsp3) is 0.333. The second kappa shape index (κ2) is 5.54. The third-order valence-corrected chi connectivity index (χ3v) is 4.02. The summed E-state index contributed by atoms with van der Waals surface area (Å²) in [6.45, 7) is 9.31. The van der Waals surface area contributed by atoms with Crippen LogP contribution in [0.5, 0.6) is 0 Å². The number of rotatable bonds is 3. The highest BCUT2D eigenvalue weighted by molar-refractivity contribution is 5.92. The molecule has 0 radical (unpaired) electrons. The summed E-state index contributed by atoms with van der Waals surface area (Å²) in [6, 6.07) is 3.93. The Balaban J connectivity index is 1.71. The van der Waals surface area contributed by atoms with Crippen LogP contribution in [0.4, 0.5) is 5.95 Å². The lowest BCUT2D eigenvalue weighted by molar-refractivity contribution is 0.442. The van der Waals surface area contributed by atoms with Gasteiger partial charge in [0.25, 0.3) is 0 Å². The van der Waals surface area contributed by atoms with Gasteiger partial charge in [-0.3, -0.25) is 0 Å². The number of nitrogens with zero attached hydrogens (tertiary/aromatic N) is 5. The third-order valence-electron chi connectivity index (χ3n) is 4.02. The van der Waals surface area contributed by atoms with E-state index in [2.05, 4.69) is 51.1 Å². The summed E-state index contributed by atoms with van der Waals surface area (Å²) in [5, 5.41) is 8.92. The van der Waals surface area contributed by atoms with Gasteiger partial charge in [0.1, 0.15) is 5.65 Å². The van der Waals surface area contributed by atoms with Crippen LogP contribution in [-0.2, 0) is 0 Å². The van der Waals surface area contributed by atoms with Gasteiger partial charge < -0.3 is 10.3 Å². The van der Waals surface area contributed by atoms with Crippen molar-refractivity contribution in [2.24, 2.45) is 5.41 Å². The number of aromatic amines is 1. The van der Waals surface area contributed by atoms with Crippen LogP contribution in [-0.4, -0.2) is 36.1 Å². The Labute approximate surface area is 145 Å². The molecule has 0 fully saturated rings. The lowest BCUT2D eigenvalue weighted by Gasteiger charge is -2.18. The van der Waals surface area contributed by atoms with Crippen LogP contribution in [0.3, 0.4) is 0 Å². The van der Waals surface area contributed by atoms with Crippen molar-refractivity contribution >= 4 is 22.6 Å². The van der Waals surface area contributed by atoms with Gasteiger partial charge >= 0.3 is 0 Å². The molecule has 0 aliphatic heterocycles. The van der Waals surface area contributed by atoms with Crippen molar-refractivity contribution in [1.82, 2.24) is 29.5 Å². The normalized spacial score (nSPS) is 12.2. The molecular weight excluding hydrogens is 314 g/mol. The second-order valence-electron chi connectivity index (χ2n) is 7.46. The predicted octanol–water partition coefficient (Wildman–Crippen LogP) is 3.43. The number of hydrogen-bond acceptors (Lipinski definition) is 5.